The van der Waals surface area contributed by atoms with Crippen LogP contribution in [0.25, 0.3) is 0 Å². The van der Waals surface area contributed by atoms with Crippen LogP contribution in [0.3, 0.4) is 0 Å². The van der Waals surface area contributed by atoms with E-state index < -0.39 is 0 Å². The van der Waals surface area contributed by atoms with Gasteiger partial charge < -0.3 is 14.2 Å². The van der Waals surface area contributed by atoms with Crippen molar-refractivity contribution in [2.75, 3.05) is 13.7 Å². The minimum absolute atomic E-state index is 0.0337. The first-order valence-corrected chi connectivity index (χ1v) is 8.41. The number of methoxy groups -OCH3 is 1. The summed E-state index contributed by atoms with van der Waals surface area (Å²) in [7, 11) is 1.65. The van der Waals surface area contributed by atoms with Crippen molar-refractivity contribution < 1.29 is 14.1 Å². The van der Waals surface area contributed by atoms with E-state index >= 15 is 0 Å². The minimum atomic E-state index is -0.252. The van der Waals surface area contributed by atoms with Crippen LogP contribution in [-0.2, 0) is 4.74 Å². The molecule has 3 rings (SSSR count). The fraction of sp³-hybridized carbons (Fsp3) is 0.600. The van der Waals surface area contributed by atoms with Crippen LogP contribution in [0.4, 0.5) is 0 Å². The van der Waals surface area contributed by atoms with Crippen LogP contribution < -0.4 is 0 Å². The number of ether oxygens (including phenoxy) is 1. The first-order chi connectivity index (χ1) is 11.0. The average Bonchev–Trinajstić information content (AvgIpc) is 3.24. The fourth-order valence-electron chi connectivity index (χ4n) is 2.67. The molecule has 0 aromatic carbocycles. The van der Waals surface area contributed by atoms with Crippen LogP contribution >= 0.6 is 11.3 Å². The summed E-state index contributed by atoms with van der Waals surface area (Å²) in [6.45, 7) is 6.40. The summed E-state index contributed by atoms with van der Waals surface area (Å²) >= 11 is 1.44. The highest BCUT2D eigenvalue weighted by Crippen LogP contribution is 2.34. The lowest BCUT2D eigenvalue weighted by molar-refractivity contribution is 0.0675. The van der Waals surface area contributed by atoms with Gasteiger partial charge in [0.05, 0.1) is 17.3 Å². The molecule has 2 aromatic rings. The SMILES string of the molecule is CO[C@@H]1C[C@H](c2nc(C)no2)N(C(=O)c2cnc(C(C)C)s2)C1. The predicted molar refractivity (Wildman–Crippen MR) is 84.4 cm³/mol. The lowest BCUT2D eigenvalue weighted by Gasteiger charge is -2.20. The number of likely N-dealkylation sites (tertiary alicyclic amines) is 1. The number of carbonyl (C=O) groups excluding carboxylic acids is 1. The molecule has 1 aliphatic heterocycles. The van der Waals surface area contributed by atoms with Gasteiger partial charge in [-0.3, -0.25) is 4.79 Å². The molecule has 124 valence electrons. The standard InChI is InChI=1S/C15H20N4O3S/c1-8(2)14-16-6-12(23-14)15(20)19-7-10(21-4)5-11(19)13-17-9(3)18-22-13/h6,8,10-11H,5,7H2,1-4H3/t10-,11-/m1/s1. The molecule has 1 fully saturated rings. The maximum atomic E-state index is 12.9. The molecule has 0 unspecified atom stereocenters. The second-order valence-corrected chi connectivity index (χ2v) is 7.03. The van der Waals surface area contributed by atoms with Crippen molar-refractivity contribution >= 4 is 17.2 Å². The minimum Gasteiger partial charge on any atom is -0.380 e. The number of carbonyl (C=O) groups is 1. The maximum Gasteiger partial charge on any atom is 0.266 e. The number of hydrogen-bond acceptors (Lipinski definition) is 7. The molecule has 0 bridgehead atoms. The molecule has 0 radical (unpaired) electrons. The van der Waals surface area contributed by atoms with Gasteiger partial charge in [-0.25, -0.2) is 4.98 Å². The molecular weight excluding hydrogens is 316 g/mol. The summed E-state index contributed by atoms with van der Waals surface area (Å²) in [6, 6.07) is -0.252. The highest BCUT2D eigenvalue weighted by Gasteiger charge is 2.40. The molecule has 23 heavy (non-hydrogen) atoms. The molecule has 3 heterocycles. The van der Waals surface area contributed by atoms with E-state index in [4.69, 9.17) is 9.26 Å². The van der Waals surface area contributed by atoms with Crippen LogP contribution in [0, 0.1) is 6.92 Å². The van der Waals surface area contributed by atoms with Gasteiger partial charge in [-0.15, -0.1) is 11.3 Å². The number of nitrogens with zero attached hydrogens (tertiary/aromatic N) is 4. The van der Waals surface area contributed by atoms with Gasteiger partial charge in [0.15, 0.2) is 5.82 Å². The third kappa shape index (κ3) is 3.13. The molecule has 7 nitrogen and oxygen atoms in total. The predicted octanol–water partition coefficient (Wildman–Crippen LogP) is 2.56. The lowest BCUT2D eigenvalue weighted by atomic mass is 10.2. The molecule has 0 spiro atoms. The molecule has 2 atom stereocenters. The normalized spacial score (nSPS) is 21.3. The molecule has 1 saturated heterocycles. The molecular formula is C15H20N4O3S. The van der Waals surface area contributed by atoms with Crippen molar-refractivity contribution in [3.63, 3.8) is 0 Å². The van der Waals surface area contributed by atoms with Crippen molar-refractivity contribution in [3.8, 4) is 0 Å². The summed E-state index contributed by atoms with van der Waals surface area (Å²) < 4.78 is 10.7. The summed E-state index contributed by atoms with van der Waals surface area (Å²) in [6.07, 6.45) is 2.27. The van der Waals surface area contributed by atoms with Gasteiger partial charge in [-0.2, -0.15) is 4.98 Å². The zero-order valence-corrected chi connectivity index (χ0v) is 14.5. The van der Waals surface area contributed by atoms with Gasteiger partial charge in [-0.1, -0.05) is 19.0 Å². The van der Waals surface area contributed by atoms with E-state index in [1.165, 1.54) is 11.3 Å². The van der Waals surface area contributed by atoms with Gasteiger partial charge in [-0.05, 0) is 6.92 Å². The molecule has 0 aliphatic carbocycles. The summed E-state index contributed by atoms with van der Waals surface area (Å²) in [5, 5.41) is 4.79. The zero-order valence-electron chi connectivity index (χ0n) is 13.6. The fourth-order valence-corrected chi connectivity index (χ4v) is 3.55. The summed E-state index contributed by atoms with van der Waals surface area (Å²) in [4.78, 5) is 23.9. The van der Waals surface area contributed by atoms with Gasteiger partial charge >= 0.3 is 0 Å². The highest BCUT2D eigenvalue weighted by atomic mass is 32.1. The Morgan fingerprint density at radius 1 is 1.52 bits per heavy atom. The third-order valence-electron chi connectivity index (χ3n) is 3.91. The van der Waals surface area contributed by atoms with Crippen LogP contribution in [0.15, 0.2) is 10.7 Å². The van der Waals surface area contributed by atoms with Gasteiger partial charge in [0.1, 0.15) is 10.9 Å². The van der Waals surface area contributed by atoms with Gasteiger partial charge in [0.2, 0.25) is 5.89 Å². The van der Waals surface area contributed by atoms with E-state index in [2.05, 4.69) is 29.0 Å². The van der Waals surface area contributed by atoms with Crippen LogP contribution in [0.5, 0.6) is 0 Å². The van der Waals surface area contributed by atoms with Crippen molar-refractivity contribution in [2.45, 2.75) is 45.3 Å². The van der Waals surface area contributed by atoms with Crippen molar-refractivity contribution in [2.24, 2.45) is 0 Å². The molecule has 0 saturated carbocycles. The number of thiazole rings is 1. The van der Waals surface area contributed by atoms with E-state index in [0.717, 1.165) is 5.01 Å². The van der Waals surface area contributed by atoms with Crippen molar-refractivity contribution in [3.05, 3.63) is 27.8 Å². The quantitative estimate of drug-likeness (QED) is 0.853. The highest BCUT2D eigenvalue weighted by molar-refractivity contribution is 7.13. The van der Waals surface area contributed by atoms with E-state index in [9.17, 15) is 4.79 Å². The van der Waals surface area contributed by atoms with Crippen LogP contribution in [0.1, 0.15) is 58.6 Å². The first kappa shape index (κ1) is 16.1. The monoisotopic (exact) mass is 336 g/mol. The van der Waals surface area contributed by atoms with Gasteiger partial charge in [0, 0.05) is 26.0 Å². The van der Waals surface area contributed by atoms with E-state index in [1.807, 2.05) is 0 Å². The first-order valence-electron chi connectivity index (χ1n) is 7.59. The second-order valence-electron chi connectivity index (χ2n) is 5.96. The van der Waals surface area contributed by atoms with E-state index in [0.29, 0.717) is 35.5 Å². The topological polar surface area (TPSA) is 81.4 Å². The smallest absolute Gasteiger partial charge is 0.266 e. The van der Waals surface area contributed by atoms with Crippen LogP contribution in [0.2, 0.25) is 0 Å². The summed E-state index contributed by atoms with van der Waals surface area (Å²) in [5.41, 5.74) is 0. The largest absolute Gasteiger partial charge is 0.380 e. The Balaban J connectivity index is 1.86. The van der Waals surface area contributed by atoms with Crippen molar-refractivity contribution in [1.82, 2.24) is 20.0 Å². The number of aryl methyl sites for hydroxylation is 1. The van der Waals surface area contributed by atoms with Gasteiger partial charge in [0.25, 0.3) is 5.91 Å². The Morgan fingerprint density at radius 2 is 2.30 bits per heavy atom. The van der Waals surface area contributed by atoms with Crippen LogP contribution in [-0.4, -0.2) is 45.7 Å². The number of amides is 1. The lowest BCUT2D eigenvalue weighted by Crippen LogP contribution is -2.31. The number of aromatic nitrogens is 3. The number of rotatable bonds is 4. The van der Waals surface area contributed by atoms with Crippen molar-refractivity contribution in [1.29, 1.82) is 0 Å². The second kappa shape index (κ2) is 6.37. The Hall–Kier alpha value is -1.80. The third-order valence-corrected chi connectivity index (χ3v) is 5.20. The van der Waals surface area contributed by atoms with E-state index in [1.54, 1.807) is 25.1 Å². The summed E-state index contributed by atoms with van der Waals surface area (Å²) in [5.74, 6) is 1.27. The molecule has 1 amide bonds. The zero-order chi connectivity index (χ0) is 16.6. The Kier molecular flexibility index (Phi) is 4.45. The van der Waals surface area contributed by atoms with E-state index in [-0.39, 0.29) is 18.1 Å². The Bertz CT molecular complexity index is 696. The Morgan fingerprint density at radius 3 is 2.87 bits per heavy atom. The molecule has 0 N–H and O–H groups in total. The molecule has 1 aliphatic rings. The Labute approximate surface area is 138 Å². The number of hydrogen-bond donors (Lipinski definition) is 0. The maximum absolute atomic E-state index is 12.9. The molecule has 8 heteroatoms. The molecule has 2 aromatic heterocycles. The average molecular weight is 336 g/mol.